The zero-order chi connectivity index (χ0) is 10.2. The van der Waals surface area contributed by atoms with Gasteiger partial charge in [-0.1, -0.05) is 60.7 Å². The Balaban J connectivity index is 0.000000245. The molecule has 0 aliphatic heterocycles. The second kappa shape index (κ2) is 8.80. The van der Waals surface area contributed by atoms with Gasteiger partial charge in [0.2, 0.25) is 0 Å². The summed E-state index contributed by atoms with van der Waals surface area (Å²) in [4.78, 5) is 0. The molecule has 0 atom stereocenters. The zero-order valence-electron chi connectivity index (χ0n) is 8.30. The third-order valence-electron chi connectivity index (χ3n) is 1.49. The van der Waals surface area contributed by atoms with E-state index in [2.05, 4.69) is 0 Å². The van der Waals surface area contributed by atoms with Crippen LogP contribution in [-0.2, 0) is 0 Å². The fourth-order valence-electron chi connectivity index (χ4n) is 0.841. The molecule has 0 heterocycles. The maximum Gasteiger partial charge on any atom is 2.00 e. The number of rotatable bonds is 0. The van der Waals surface area contributed by atoms with Crippen LogP contribution in [0.25, 0.3) is 0 Å². The molecule has 72 valence electrons. The van der Waals surface area contributed by atoms with Crippen molar-refractivity contribution in [2.75, 3.05) is 0 Å². The van der Waals surface area contributed by atoms with Crippen molar-refractivity contribution in [3.63, 3.8) is 0 Å². The molecule has 2 aromatic carbocycles. The van der Waals surface area contributed by atoms with Gasteiger partial charge in [-0.3, -0.25) is 0 Å². The quantitative estimate of drug-likeness (QED) is 0.676. The molecule has 0 bridgehead atoms. The molecule has 0 saturated carbocycles. The normalized spacial score (nSPS) is 8.00. The summed E-state index contributed by atoms with van der Waals surface area (Å²) >= 11 is 0. The van der Waals surface area contributed by atoms with Crippen LogP contribution in [0.1, 0.15) is 0 Å². The fourth-order valence-corrected chi connectivity index (χ4v) is 0.841. The minimum atomic E-state index is 0. The van der Waals surface area contributed by atoms with Crippen LogP contribution in [-0.4, -0.2) is 45.5 Å². The van der Waals surface area contributed by atoms with Gasteiger partial charge in [0.25, 0.3) is 0 Å². The first-order valence-corrected chi connectivity index (χ1v) is 4.23. The van der Waals surface area contributed by atoms with E-state index in [0.29, 0.717) is 0 Å². The van der Waals surface area contributed by atoms with Gasteiger partial charge in [-0.05, 0) is 0 Å². The monoisotopic (exact) mass is 274 g/mol. The van der Waals surface area contributed by atoms with Crippen LogP contribution >= 0.6 is 0 Å². The van der Waals surface area contributed by atoms with Crippen LogP contribution < -0.4 is 10.2 Å². The zero-order valence-corrected chi connectivity index (χ0v) is 11.8. The largest absolute Gasteiger partial charge is 2.00 e. The third kappa shape index (κ3) is 7.45. The molecule has 15 heavy (non-hydrogen) atoms. The van der Waals surface area contributed by atoms with Gasteiger partial charge in [0.1, 0.15) is 0 Å². The number of hydrogen-bond donors (Lipinski definition) is 0. The van der Waals surface area contributed by atoms with E-state index in [0.717, 1.165) is 0 Å². The van der Waals surface area contributed by atoms with E-state index >= 15 is 0 Å². The summed E-state index contributed by atoms with van der Waals surface area (Å²) in [5, 5.41) is 20.5. The van der Waals surface area contributed by atoms with Crippen LogP contribution in [0.2, 0.25) is 0 Å². The van der Waals surface area contributed by atoms with Crippen molar-refractivity contribution in [3.8, 4) is 11.5 Å². The average molecular weight is 274 g/mol. The van der Waals surface area contributed by atoms with Gasteiger partial charge in [0.15, 0.2) is 0 Å². The van der Waals surface area contributed by atoms with Crippen molar-refractivity contribution >= 4 is 45.5 Å². The van der Waals surface area contributed by atoms with Crippen molar-refractivity contribution in [1.82, 2.24) is 0 Å². The molecule has 3 heteroatoms. The third-order valence-corrected chi connectivity index (χ3v) is 1.49. The molecular weight excluding hydrogens is 264 g/mol. The van der Waals surface area contributed by atoms with E-state index in [-0.39, 0.29) is 57.0 Å². The Morgan fingerprint density at radius 2 is 0.800 bits per heavy atom. The summed E-state index contributed by atoms with van der Waals surface area (Å²) in [5.41, 5.74) is 0. The van der Waals surface area contributed by atoms with Gasteiger partial charge in [-0.2, -0.15) is 0 Å². The summed E-state index contributed by atoms with van der Waals surface area (Å²) in [6.07, 6.45) is 0. The van der Waals surface area contributed by atoms with E-state index in [1.165, 1.54) is 24.3 Å². The van der Waals surface area contributed by atoms with Crippen LogP contribution in [0.5, 0.6) is 11.5 Å². The Bertz CT molecular complexity index is 311. The van der Waals surface area contributed by atoms with Crippen molar-refractivity contribution in [3.05, 3.63) is 60.7 Å². The van der Waals surface area contributed by atoms with Gasteiger partial charge in [-0.15, -0.1) is 11.5 Å². The summed E-state index contributed by atoms with van der Waals surface area (Å²) in [6, 6.07) is 16.7. The van der Waals surface area contributed by atoms with Gasteiger partial charge in [0.05, 0.1) is 0 Å². The fraction of sp³-hybridized carbons (Fsp3) is 0. The Hall–Kier alpha value is -0.479. The summed E-state index contributed by atoms with van der Waals surface area (Å²) in [5.74, 6) is 0.144. The second-order valence-electron chi connectivity index (χ2n) is 2.63. The van der Waals surface area contributed by atoms with Gasteiger partial charge in [-0.25, -0.2) is 0 Å². The predicted octanol–water partition coefficient (Wildman–Crippen LogP) is 1.14. The maximum atomic E-state index is 10.3. The van der Waals surface area contributed by atoms with E-state index < -0.39 is 0 Å². The second-order valence-corrected chi connectivity index (χ2v) is 2.63. The first-order valence-electron chi connectivity index (χ1n) is 4.23. The molecule has 0 spiro atoms. The van der Waals surface area contributed by atoms with E-state index in [1.54, 1.807) is 24.3 Å². The molecule has 0 amide bonds. The molecule has 0 unspecified atom stereocenters. The van der Waals surface area contributed by atoms with Crippen molar-refractivity contribution < 1.29 is 10.2 Å². The molecule has 0 aromatic heterocycles. The van der Waals surface area contributed by atoms with Crippen LogP contribution in [0, 0.1) is 0 Å². The average Bonchev–Trinajstić information content (AvgIpc) is 2.21. The standard InChI is InChI=1S/2C6H6O.Sr/c2*7-6-4-2-1-3-5-6;/h2*1-5,7H;/q;;+2/p-2. The molecule has 2 rings (SSSR count). The van der Waals surface area contributed by atoms with Gasteiger partial charge in [0, 0.05) is 0 Å². The minimum absolute atomic E-state index is 0. The first-order chi connectivity index (χ1) is 6.79. The summed E-state index contributed by atoms with van der Waals surface area (Å²) < 4.78 is 0. The van der Waals surface area contributed by atoms with Crippen LogP contribution in [0.4, 0.5) is 0 Å². The van der Waals surface area contributed by atoms with Gasteiger partial charge < -0.3 is 10.2 Å². The number of hydrogen-bond acceptors (Lipinski definition) is 2. The topological polar surface area (TPSA) is 46.1 Å². The summed E-state index contributed by atoms with van der Waals surface area (Å²) in [7, 11) is 0. The Morgan fingerprint density at radius 1 is 0.533 bits per heavy atom. The molecule has 0 saturated heterocycles. The predicted molar refractivity (Wildman–Crippen MR) is 57.5 cm³/mol. The molecule has 0 radical (unpaired) electrons. The molecule has 2 nitrogen and oxygen atoms in total. The molecule has 0 N–H and O–H groups in total. The maximum absolute atomic E-state index is 10.3. The van der Waals surface area contributed by atoms with Crippen LogP contribution in [0.15, 0.2) is 60.7 Å². The van der Waals surface area contributed by atoms with E-state index in [1.807, 2.05) is 12.1 Å². The molecular formula is C12H10O2Sr. The first kappa shape index (κ1) is 14.5. The number of para-hydroxylation sites is 2. The van der Waals surface area contributed by atoms with Gasteiger partial charge >= 0.3 is 45.5 Å². The van der Waals surface area contributed by atoms with Crippen molar-refractivity contribution in [2.24, 2.45) is 0 Å². The Morgan fingerprint density at radius 3 is 0.933 bits per heavy atom. The SMILES string of the molecule is [O-]c1ccccc1.[O-]c1ccccc1.[Sr+2]. The van der Waals surface area contributed by atoms with E-state index in [9.17, 15) is 10.2 Å². The Labute approximate surface area is 126 Å². The van der Waals surface area contributed by atoms with E-state index in [4.69, 9.17) is 0 Å². The molecule has 0 aliphatic carbocycles. The summed E-state index contributed by atoms with van der Waals surface area (Å²) in [6.45, 7) is 0. The Kier molecular flexibility index (Phi) is 8.52. The smallest absolute Gasteiger partial charge is 0.872 e. The van der Waals surface area contributed by atoms with Crippen molar-refractivity contribution in [2.45, 2.75) is 0 Å². The molecule has 0 aliphatic rings. The number of benzene rings is 2. The van der Waals surface area contributed by atoms with Crippen LogP contribution in [0.3, 0.4) is 0 Å². The molecule has 2 aromatic rings. The molecule has 0 fully saturated rings. The minimum Gasteiger partial charge on any atom is -0.872 e. The van der Waals surface area contributed by atoms with Crippen molar-refractivity contribution in [1.29, 1.82) is 0 Å².